The van der Waals surface area contributed by atoms with E-state index in [9.17, 15) is 30.3 Å². The number of aliphatic hydroxyl groups is 4. The van der Waals surface area contributed by atoms with Crippen LogP contribution in [0.4, 0.5) is 0 Å². The van der Waals surface area contributed by atoms with Gasteiger partial charge in [-0.25, -0.2) is 0 Å². The normalized spacial score (nSPS) is 20.2. The minimum Gasteiger partial charge on any atom is -0.872 e. The number of aromatic amines is 1. The fourth-order valence-electron chi connectivity index (χ4n) is 7.29. The summed E-state index contributed by atoms with van der Waals surface area (Å²) in [6.07, 6.45) is 15.1. The number of carboxylic acids is 1. The summed E-state index contributed by atoms with van der Waals surface area (Å²) in [4.78, 5) is 15.4. The maximum atomic E-state index is 12.2. The van der Waals surface area contributed by atoms with Crippen LogP contribution in [0.25, 0.3) is 11.3 Å². The zero-order valence-electron chi connectivity index (χ0n) is 28.1. The molecular weight excluding hydrogens is 582 g/mol. The number of aliphatic hydroxyl groups excluding tert-OH is 3. The van der Waals surface area contributed by atoms with Gasteiger partial charge in [-0.3, -0.25) is 4.79 Å². The molecule has 46 heavy (non-hydrogen) atoms. The maximum Gasteiger partial charge on any atom is 0.309 e. The van der Waals surface area contributed by atoms with Gasteiger partial charge in [0.05, 0.1) is 23.7 Å². The van der Waals surface area contributed by atoms with Gasteiger partial charge >= 0.3 is 5.97 Å². The lowest BCUT2D eigenvalue weighted by Gasteiger charge is -2.32. The minimum absolute atomic E-state index is 0.00729. The third-order valence-electron chi connectivity index (χ3n) is 10.1. The molecule has 0 amide bonds. The molecule has 1 aromatic heterocycles. The first-order valence-electron chi connectivity index (χ1n) is 18.1. The van der Waals surface area contributed by atoms with Crippen molar-refractivity contribution < 1.29 is 35.4 Å². The van der Waals surface area contributed by atoms with Crippen LogP contribution in [0.2, 0.25) is 0 Å². The fourth-order valence-corrected chi connectivity index (χ4v) is 7.29. The van der Waals surface area contributed by atoms with Crippen LogP contribution in [0.5, 0.6) is 5.75 Å². The van der Waals surface area contributed by atoms with Crippen LogP contribution in [-0.4, -0.2) is 60.9 Å². The van der Waals surface area contributed by atoms with E-state index >= 15 is 0 Å². The molecule has 5 atom stereocenters. The van der Waals surface area contributed by atoms with Crippen molar-refractivity contribution in [1.29, 1.82) is 0 Å². The van der Waals surface area contributed by atoms with Crippen molar-refractivity contribution in [2.45, 2.75) is 153 Å². The lowest BCUT2D eigenvalue weighted by molar-refractivity contribution is -0.268. The Hall–Kier alpha value is -2.39. The van der Waals surface area contributed by atoms with E-state index in [1.165, 1.54) is 25.7 Å². The van der Waals surface area contributed by atoms with Crippen molar-refractivity contribution in [1.82, 2.24) is 4.98 Å². The van der Waals surface area contributed by atoms with Gasteiger partial charge in [0.25, 0.3) is 0 Å². The molecule has 0 aliphatic heterocycles. The third-order valence-corrected chi connectivity index (χ3v) is 10.1. The molecular formula is C38H60NO7-. The van der Waals surface area contributed by atoms with E-state index in [2.05, 4.69) is 11.9 Å². The highest BCUT2D eigenvalue weighted by Crippen LogP contribution is 2.42. The van der Waals surface area contributed by atoms with Crippen LogP contribution in [0, 0.1) is 11.8 Å². The van der Waals surface area contributed by atoms with Crippen molar-refractivity contribution >= 4 is 5.97 Å². The number of hydrogen-bond donors (Lipinski definition) is 6. The lowest BCUT2D eigenvalue weighted by atomic mass is 9.81. The SMILES string of the molecule is CCCCCCC[C@H](O)CCCCCC[C@H](C(=O)O)[C@H](O)CC[C@@]1(O)CCC[C@H]1Cc1ccc(-c2cc([O-])cc(CCCO)c2)[nH]1. The van der Waals surface area contributed by atoms with E-state index in [0.29, 0.717) is 38.5 Å². The van der Waals surface area contributed by atoms with E-state index in [0.717, 1.165) is 80.3 Å². The Morgan fingerprint density at radius 1 is 0.957 bits per heavy atom. The molecule has 260 valence electrons. The average Bonchev–Trinajstić information content (AvgIpc) is 3.64. The number of unbranched alkanes of at least 4 members (excludes halogenated alkanes) is 7. The summed E-state index contributed by atoms with van der Waals surface area (Å²) in [5.74, 6) is -1.90. The molecule has 8 heteroatoms. The number of hydrogen-bond acceptors (Lipinski definition) is 6. The van der Waals surface area contributed by atoms with Gasteiger partial charge in [0.1, 0.15) is 0 Å². The molecule has 1 aliphatic carbocycles. The molecule has 0 saturated heterocycles. The molecule has 1 aliphatic rings. The number of aryl methyl sites for hydroxylation is 1. The predicted octanol–water partition coefficient (Wildman–Crippen LogP) is 6.66. The Kier molecular flexibility index (Phi) is 16.6. The second kappa shape index (κ2) is 20.1. The summed E-state index contributed by atoms with van der Waals surface area (Å²) in [7, 11) is 0. The Balaban J connectivity index is 1.43. The standard InChI is InChI=1S/C38H61NO7/c1-2-3-4-5-8-15-32(41)16-9-6-7-10-17-34(37(44)45)36(43)20-22-38(46)21-11-14-30(38)27-31-18-19-35(39-31)29-24-28(13-12-23-40)25-33(42)26-29/h18-19,24-26,30,32,34,36,39-43,46H,2-17,20-23,27H2,1H3,(H,44,45)/p-1/t30-,32-,34-,36+,38-/m0/s1. The number of aromatic nitrogens is 1. The largest absolute Gasteiger partial charge is 0.872 e. The highest BCUT2D eigenvalue weighted by atomic mass is 16.4. The van der Waals surface area contributed by atoms with Crippen molar-refractivity contribution in [2.75, 3.05) is 6.61 Å². The van der Waals surface area contributed by atoms with Gasteiger partial charge in [-0.1, -0.05) is 83.3 Å². The van der Waals surface area contributed by atoms with Crippen LogP contribution < -0.4 is 5.11 Å². The molecule has 0 unspecified atom stereocenters. The quantitative estimate of drug-likeness (QED) is 0.0699. The van der Waals surface area contributed by atoms with Gasteiger partial charge in [-0.2, -0.15) is 0 Å². The molecule has 1 heterocycles. The zero-order chi connectivity index (χ0) is 33.4. The summed E-state index contributed by atoms with van der Waals surface area (Å²) < 4.78 is 0. The van der Waals surface area contributed by atoms with Crippen molar-refractivity contribution in [2.24, 2.45) is 11.8 Å². The molecule has 8 nitrogen and oxygen atoms in total. The first-order chi connectivity index (χ1) is 22.1. The second-order valence-electron chi connectivity index (χ2n) is 13.9. The van der Waals surface area contributed by atoms with E-state index in [-0.39, 0.29) is 30.8 Å². The summed E-state index contributed by atoms with van der Waals surface area (Å²) in [6, 6.07) is 9.12. The number of carboxylic acid groups (broad SMARTS) is 1. The fraction of sp³-hybridized carbons (Fsp3) is 0.711. The van der Waals surface area contributed by atoms with E-state index in [4.69, 9.17) is 5.11 Å². The van der Waals surface area contributed by atoms with Gasteiger partial charge in [0.2, 0.25) is 0 Å². The molecule has 6 N–H and O–H groups in total. The number of benzene rings is 1. The number of carbonyl (C=O) groups is 1. The summed E-state index contributed by atoms with van der Waals surface area (Å²) in [5, 5.41) is 63.9. The van der Waals surface area contributed by atoms with Crippen molar-refractivity contribution in [3.8, 4) is 17.0 Å². The predicted molar refractivity (Wildman–Crippen MR) is 181 cm³/mol. The van der Waals surface area contributed by atoms with E-state index in [1.807, 2.05) is 18.2 Å². The lowest BCUT2D eigenvalue weighted by Crippen LogP contribution is -2.37. The number of aliphatic carboxylic acids is 1. The van der Waals surface area contributed by atoms with Crippen molar-refractivity contribution in [3.05, 3.63) is 41.6 Å². The van der Waals surface area contributed by atoms with E-state index < -0.39 is 23.6 Å². The zero-order valence-corrected chi connectivity index (χ0v) is 28.1. The molecule has 1 aromatic carbocycles. The first-order valence-corrected chi connectivity index (χ1v) is 18.1. The molecule has 0 radical (unpaired) electrons. The van der Waals surface area contributed by atoms with Gasteiger partial charge < -0.3 is 35.6 Å². The molecule has 1 saturated carbocycles. The molecule has 3 rings (SSSR count). The van der Waals surface area contributed by atoms with Gasteiger partial charge in [0, 0.05) is 18.0 Å². The Morgan fingerprint density at radius 2 is 1.65 bits per heavy atom. The van der Waals surface area contributed by atoms with Crippen molar-refractivity contribution in [3.63, 3.8) is 0 Å². The van der Waals surface area contributed by atoms with Crippen LogP contribution >= 0.6 is 0 Å². The van der Waals surface area contributed by atoms with Gasteiger partial charge in [-0.15, -0.1) is 5.75 Å². The van der Waals surface area contributed by atoms with Crippen LogP contribution in [0.1, 0.15) is 134 Å². The summed E-state index contributed by atoms with van der Waals surface area (Å²) >= 11 is 0. The molecule has 0 bridgehead atoms. The Bertz CT molecular complexity index is 1150. The highest BCUT2D eigenvalue weighted by Gasteiger charge is 2.42. The summed E-state index contributed by atoms with van der Waals surface area (Å²) in [5.41, 5.74) is 2.56. The average molecular weight is 643 g/mol. The topological polar surface area (TPSA) is 157 Å². The monoisotopic (exact) mass is 642 g/mol. The number of nitrogens with one attached hydrogen (secondary N) is 1. The first kappa shape index (κ1) is 38.1. The highest BCUT2D eigenvalue weighted by molar-refractivity contribution is 5.70. The second-order valence-corrected chi connectivity index (χ2v) is 13.9. The Morgan fingerprint density at radius 3 is 2.33 bits per heavy atom. The van der Waals surface area contributed by atoms with Gasteiger partial charge in [-0.05, 0) is 99.5 Å². The van der Waals surface area contributed by atoms with Crippen LogP contribution in [-0.2, 0) is 17.6 Å². The van der Waals surface area contributed by atoms with Gasteiger partial charge in [0.15, 0.2) is 0 Å². The Labute approximate surface area is 276 Å². The smallest absolute Gasteiger partial charge is 0.309 e. The molecule has 2 aromatic rings. The number of rotatable bonds is 24. The minimum atomic E-state index is -1.01. The van der Waals surface area contributed by atoms with E-state index in [1.54, 1.807) is 12.1 Å². The maximum absolute atomic E-state index is 12.2. The van der Waals surface area contributed by atoms with Crippen LogP contribution in [0.3, 0.4) is 0 Å². The van der Waals surface area contributed by atoms with Crippen LogP contribution in [0.15, 0.2) is 30.3 Å². The molecule has 0 spiro atoms. The third kappa shape index (κ3) is 12.7. The summed E-state index contributed by atoms with van der Waals surface area (Å²) in [6.45, 7) is 2.28. The molecule has 1 fully saturated rings. The number of H-pyrrole nitrogens is 1.